The van der Waals surface area contributed by atoms with Crippen LogP contribution in [0.4, 0.5) is 0 Å². The van der Waals surface area contributed by atoms with Crippen molar-refractivity contribution in [3.05, 3.63) is 40.4 Å². The number of nitrogens with zero attached hydrogens (tertiary/aromatic N) is 2. The smallest absolute Gasteiger partial charge is 0.258 e. The predicted molar refractivity (Wildman–Crippen MR) is 81.8 cm³/mol. The van der Waals surface area contributed by atoms with Crippen molar-refractivity contribution in [3.63, 3.8) is 0 Å². The molecule has 20 heavy (non-hydrogen) atoms. The Hall–Kier alpha value is -1.72. The van der Waals surface area contributed by atoms with Gasteiger partial charge >= 0.3 is 0 Å². The summed E-state index contributed by atoms with van der Waals surface area (Å²) in [6, 6.07) is 7.78. The molecule has 0 aliphatic carbocycles. The van der Waals surface area contributed by atoms with Crippen LogP contribution in [0.25, 0.3) is 10.9 Å². The molecule has 5 heteroatoms. The van der Waals surface area contributed by atoms with Gasteiger partial charge < -0.3 is 15.2 Å². The summed E-state index contributed by atoms with van der Waals surface area (Å²) < 4.78 is 0. The highest BCUT2D eigenvalue weighted by atomic mass is 16.1. The topological polar surface area (TPSA) is 61.0 Å². The molecule has 1 atom stereocenters. The monoisotopic (exact) mass is 274 g/mol. The zero-order chi connectivity index (χ0) is 14.5. The van der Waals surface area contributed by atoms with Crippen molar-refractivity contribution in [2.45, 2.75) is 25.9 Å². The maximum atomic E-state index is 11.9. The SMILES string of the molecule is CC(CCN(C)C)NCc1nc2ccccc2c(=O)[nH]1. The minimum atomic E-state index is -0.0756. The summed E-state index contributed by atoms with van der Waals surface area (Å²) in [6.07, 6.45) is 1.06. The van der Waals surface area contributed by atoms with Crippen LogP contribution in [0.5, 0.6) is 0 Å². The number of hydrogen-bond donors (Lipinski definition) is 2. The molecule has 5 nitrogen and oxygen atoms in total. The van der Waals surface area contributed by atoms with E-state index in [2.05, 4.69) is 41.2 Å². The third kappa shape index (κ3) is 3.88. The Bertz CT molecular complexity index is 621. The van der Waals surface area contributed by atoms with Crippen molar-refractivity contribution in [3.8, 4) is 0 Å². The summed E-state index contributed by atoms with van der Waals surface area (Å²) in [4.78, 5) is 21.4. The highest BCUT2D eigenvalue weighted by molar-refractivity contribution is 5.77. The van der Waals surface area contributed by atoms with Crippen molar-refractivity contribution in [2.75, 3.05) is 20.6 Å². The molecule has 0 spiro atoms. The van der Waals surface area contributed by atoms with Crippen LogP contribution in [-0.2, 0) is 6.54 Å². The molecule has 0 aliphatic heterocycles. The van der Waals surface area contributed by atoms with Gasteiger partial charge in [0.25, 0.3) is 5.56 Å². The maximum absolute atomic E-state index is 11.9. The summed E-state index contributed by atoms with van der Waals surface area (Å²) in [5.41, 5.74) is 0.669. The molecule has 1 heterocycles. The summed E-state index contributed by atoms with van der Waals surface area (Å²) in [5, 5.41) is 4.02. The molecule has 2 aromatic rings. The van der Waals surface area contributed by atoms with Crippen LogP contribution >= 0.6 is 0 Å². The lowest BCUT2D eigenvalue weighted by atomic mass is 10.2. The van der Waals surface area contributed by atoms with Crippen LogP contribution < -0.4 is 10.9 Å². The second kappa shape index (κ2) is 6.63. The lowest BCUT2D eigenvalue weighted by molar-refractivity contribution is 0.364. The molecule has 2 N–H and O–H groups in total. The van der Waals surface area contributed by atoms with Crippen LogP contribution in [0.15, 0.2) is 29.1 Å². The van der Waals surface area contributed by atoms with E-state index >= 15 is 0 Å². The third-order valence-electron chi connectivity index (χ3n) is 3.29. The van der Waals surface area contributed by atoms with E-state index in [-0.39, 0.29) is 5.56 Å². The molecule has 0 fully saturated rings. The Morgan fingerprint density at radius 2 is 2.10 bits per heavy atom. The van der Waals surface area contributed by atoms with E-state index in [1.807, 2.05) is 18.2 Å². The van der Waals surface area contributed by atoms with Crippen molar-refractivity contribution in [2.24, 2.45) is 0 Å². The molecule has 108 valence electrons. The second-order valence-electron chi connectivity index (χ2n) is 5.40. The van der Waals surface area contributed by atoms with Crippen LogP contribution in [0.3, 0.4) is 0 Å². The number of aromatic amines is 1. The Morgan fingerprint density at radius 1 is 1.35 bits per heavy atom. The van der Waals surface area contributed by atoms with Gasteiger partial charge in [0.15, 0.2) is 0 Å². The Kier molecular flexibility index (Phi) is 4.87. The fourth-order valence-corrected chi connectivity index (χ4v) is 2.04. The van der Waals surface area contributed by atoms with Gasteiger partial charge in [-0.1, -0.05) is 12.1 Å². The molecule has 0 aliphatic rings. The average molecular weight is 274 g/mol. The van der Waals surface area contributed by atoms with Gasteiger partial charge in [0.2, 0.25) is 0 Å². The average Bonchev–Trinajstić information content (AvgIpc) is 2.43. The number of H-pyrrole nitrogens is 1. The molecular formula is C15H22N4O. The maximum Gasteiger partial charge on any atom is 0.258 e. The molecule has 1 unspecified atom stereocenters. The summed E-state index contributed by atoms with van der Waals surface area (Å²) in [7, 11) is 4.13. The molecule has 0 saturated heterocycles. The van der Waals surface area contributed by atoms with E-state index < -0.39 is 0 Å². The lowest BCUT2D eigenvalue weighted by Gasteiger charge is -2.16. The summed E-state index contributed by atoms with van der Waals surface area (Å²) in [6.45, 7) is 3.76. The summed E-state index contributed by atoms with van der Waals surface area (Å²) >= 11 is 0. The normalized spacial score (nSPS) is 13.0. The molecule has 2 rings (SSSR count). The molecule has 0 radical (unpaired) electrons. The number of fused-ring (bicyclic) bond motifs is 1. The number of para-hydroxylation sites is 1. The van der Waals surface area contributed by atoms with E-state index in [0.29, 0.717) is 23.8 Å². The van der Waals surface area contributed by atoms with Crippen LogP contribution in [0.1, 0.15) is 19.2 Å². The first-order valence-corrected chi connectivity index (χ1v) is 6.92. The van der Waals surface area contributed by atoms with E-state index in [4.69, 9.17) is 0 Å². The van der Waals surface area contributed by atoms with E-state index in [1.54, 1.807) is 6.07 Å². The van der Waals surface area contributed by atoms with Crippen molar-refractivity contribution < 1.29 is 0 Å². The zero-order valence-electron chi connectivity index (χ0n) is 12.3. The van der Waals surface area contributed by atoms with Gasteiger partial charge in [0, 0.05) is 6.04 Å². The molecule has 1 aromatic carbocycles. The Morgan fingerprint density at radius 3 is 2.85 bits per heavy atom. The minimum Gasteiger partial charge on any atom is -0.309 e. The number of benzene rings is 1. The standard InChI is InChI=1S/C15H22N4O/c1-11(8-9-19(2)3)16-10-14-17-13-7-5-4-6-12(13)15(20)18-14/h4-7,11,16H,8-10H2,1-3H3,(H,17,18,20). The first kappa shape index (κ1) is 14.7. The molecule has 0 bridgehead atoms. The van der Waals surface area contributed by atoms with E-state index in [0.717, 1.165) is 18.5 Å². The van der Waals surface area contributed by atoms with Gasteiger partial charge in [-0.25, -0.2) is 4.98 Å². The first-order valence-electron chi connectivity index (χ1n) is 6.92. The Balaban J connectivity index is 2.01. The summed E-state index contributed by atoms with van der Waals surface area (Å²) in [5.74, 6) is 0.686. The van der Waals surface area contributed by atoms with Gasteiger partial charge in [-0.05, 0) is 46.1 Å². The molecular weight excluding hydrogens is 252 g/mol. The van der Waals surface area contributed by atoms with Gasteiger partial charge in [-0.2, -0.15) is 0 Å². The zero-order valence-corrected chi connectivity index (χ0v) is 12.3. The highest BCUT2D eigenvalue weighted by Crippen LogP contribution is 2.05. The van der Waals surface area contributed by atoms with E-state index in [9.17, 15) is 4.79 Å². The van der Waals surface area contributed by atoms with Crippen LogP contribution in [0, 0.1) is 0 Å². The molecule has 1 aromatic heterocycles. The van der Waals surface area contributed by atoms with Crippen LogP contribution in [0.2, 0.25) is 0 Å². The largest absolute Gasteiger partial charge is 0.309 e. The highest BCUT2D eigenvalue weighted by Gasteiger charge is 2.06. The van der Waals surface area contributed by atoms with Crippen molar-refractivity contribution in [1.29, 1.82) is 0 Å². The van der Waals surface area contributed by atoms with Gasteiger partial charge in [0.1, 0.15) is 5.82 Å². The predicted octanol–water partition coefficient (Wildman–Crippen LogP) is 1.35. The third-order valence-corrected chi connectivity index (χ3v) is 3.29. The van der Waals surface area contributed by atoms with Crippen LogP contribution in [-0.4, -0.2) is 41.5 Å². The number of aromatic nitrogens is 2. The van der Waals surface area contributed by atoms with Crippen molar-refractivity contribution >= 4 is 10.9 Å². The van der Waals surface area contributed by atoms with Gasteiger partial charge in [-0.3, -0.25) is 4.79 Å². The first-order chi connectivity index (χ1) is 9.56. The number of hydrogen-bond acceptors (Lipinski definition) is 4. The number of nitrogens with one attached hydrogen (secondary N) is 2. The Labute approximate surface area is 119 Å². The molecule has 0 saturated carbocycles. The fraction of sp³-hybridized carbons (Fsp3) is 0.467. The van der Waals surface area contributed by atoms with Gasteiger partial charge in [-0.15, -0.1) is 0 Å². The number of rotatable bonds is 6. The minimum absolute atomic E-state index is 0.0756. The van der Waals surface area contributed by atoms with Gasteiger partial charge in [0.05, 0.1) is 17.4 Å². The second-order valence-corrected chi connectivity index (χ2v) is 5.40. The fourth-order valence-electron chi connectivity index (χ4n) is 2.04. The lowest BCUT2D eigenvalue weighted by Crippen LogP contribution is -2.30. The van der Waals surface area contributed by atoms with Crippen molar-refractivity contribution in [1.82, 2.24) is 20.2 Å². The molecule has 0 amide bonds. The quantitative estimate of drug-likeness (QED) is 0.835. The van der Waals surface area contributed by atoms with E-state index in [1.165, 1.54) is 0 Å².